The molecule has 0 heterocycles. The summed E-state index contributed by atoms with van der Waals surface area (Å²) in [7, 11) is 5.39. The van der Waals surface area contributed by atoms with E-state index in [1.54, 1.807) is 21.1 Å². The van der Waals surface area contributed by atoms with E-state index in [-0.39, 0.29) is 42.7 Å². The highest BCUT2D eigenvalue weighted by molar-refractivity contribution is 5.70. The van der Waals surface area contributed by atoms with E-state index in [0.717, 1.165) is 64.2 Å². The summed E-state index contributed by atoms with van der Waals surface area (Å²) < 4.78 is 17.1. The molecule has 0 radical (unpaired) electrons. The maximum atomic E-state index is 12.7. The second kappa shape index (κ2) is 33.9. The number of hydrogen-bond donors (Lipinski definition) is 0. The Kier molecular flexibility index (Phi) is 32.4. The predicted molar refractivity (Wildman–Crippen MR) is 204 cm³/mol. The van der Waals surface area contributed by atoms with Gasteiger partial charge in [-0.25, -0.2) is 0 Å². The van der Waals surface area contributed by atoms with Gasteiger partial charge < -0.3 is 28.6 Å². The van der Waals surface area contributed by atoms with Crippen molar-refractivity contribution in [3.63, 3.8) is 0 Å². The summed E-state index contributed by atoms with van der Waals surface area (Å²) in [5, 5.41) is 11.6. The van der Waals surface area contributed by atoms with Crippen molar-refractivity contribution in [2.24, 2.45) is 0 Å². The number of esters is 2. The minimum absolute atomic E-state index is 0.0369. The maximum absolute atomic E-state index is 12.7. The van der Waals surface area contributed by atoms with E-state index >= 15 is 0 Å². The third-order valence-corrected chi connectivity index (χ3v) is 9.06. The molecule has 0 saturated heterocycles. The summed E-state index contributed by atoms with van der Waals surface area (Å²) in [6.45, 7) is 4.59. The van der Waals surface area contributed by atoms with E-state index in [1.807, 2.05) is 0 Å². The molecule has 0 aromatic rings. The van der Waals surface area contributed by atoms with Crippen LogP contribution in [-0.2, 0) is 28.6 Å². The van der Waals surface area contributed by atoms with Gasteiger partial charge in [0.05, 0.1) is 40.3 Å². The number of allylic oxidation sites excluding steroid dienone is 4. The molecule has 0 aliphatic carbocycles. The van der Waals surface area contributed by atoms with Gasteiger partial charge in [0.15, 0.2) is 6.10 Å². The first-order chi connectivity index (χ1) is 24.1. The minimum Gasteiger partial charge on any atom is -0.544 e. The smallest absolute Gasteiger partial charge is 0.306 e. The molecular formula is C42H77NO7. The Morgan fingerprint density at radius 1 is 0.580 bits per heavy atom. The Morgan fingerprint density at radius 3 is 1.50 bits per heavy atom. The number of rotatable bonds is 36. The standard InChI is InChI=1S/C42H77NO7/c1-6-8-10-12-14-16-18-19-20-21-23-25-27-29-31-33-41(45)50-38(36-48-35-34-39(42(46)47)43(3,4)5)37-49-40(44)32-30-28-26-24-22-17-15-13-11-9-7-2/h13,15,19-20,38-39H,6-12,14,16-18,21-37H2,1-5H3/b15-13-,20-19-. The van der Waals surface area contributed by atoms with Crippen LogP contribution >= 0.6 is 0 Å². The Bertz CT molecular complexity index is 880. The van der Waals surface area contributed by atoms with Gasteiger partial charge in [0.25, 0.3) is 0 Å². The zero-order valence-corrected chi connectivity index (χ0v) is 33.1. The predicted octanol–water partition coefficient (Wildman–Crippen LogP) is 9.19. The fourth-order valence-corrected chi connectivity index (χ4v) is 5.81. The second-order valence-electron chi connectivity index (χ2n) is 14.9. The highest BCUT2D eigenvalue weighted by Gasteiger charge is 2.25. The van der Waals surface area contributed by atoms with Crippen molar-refractivity contribution in [1.82, 2.24) is 0 Å². The van der Waals surface area contributed by atoms with Gasteiger partial charge in [-0.3, -0.25) is 9.59 Å². The summed E-state index contributed by atoms with van der Waals surface area (Å²) in [6, 6.07) is -0.725. The summed E-state index contributed by atoms with van der Waals surface area (Å²) in [5.74, 6) is -1.76. The largest absolute Gasteiger partial charge is 0.544 e. The molecule has 0 aromatic carbocycles. The van der Waals surface area contributed by atoms with Gasteiger partial charge >= 0.3 is 11.9 Å². The fraction of sp³-hybridized carbons (Fsp3) is 0.833. The van der Waals surface area contributed by atoms with Gasteiger partial charge in [-0.2, -0.15) is 0 Å². The molecule has 0 saturated carbocycles. The number of quaternary nitrogens is 1. The quantitative estimate of drug-likeness (QED) is 0.0277. The van der Waals surface area contributed by atoms with Crippen LogP contribution in [0.5, 0.6) is 0 Å². The van der Waals surface area contributed by atoms with E-state index < -0.39 is 18.1 Å². The summed E-state index contributed by atoms with van der Waals surface area (Å²) in [6.07, 6.45) is 34.8. The zero-order valence-electron chi connectivity index (χ0n) is 33.1. The van der Waals surface area contributed by atoms with Crippen LogP contribution in [0, 0.1) is 0 Å². The summed E-state index contributed by atoms with van der Waals surface area (Å²) >= 11 is 0. The van der Waals surface area contributed by atoms with E-state index in [1.165, 1.54) is 77.0 Å². The van der Waals surface area contributed by atoms with Gasteiger partial charge in [-0.1, -0.05) is 122 Å². The Labute approximate surface area is 307 Å². The third kappa shape index (κ3) is 31.8. The van der Waals surface area contributed by atoms with Crippen molar-refractivity contribution in [3.8, 4) is 0 Å². The zero-order chi connectivity index (χ0) is 37.1. The van der Waals surface area contributed by atoms with Gasteiger partial charge in [0, 0.05) is 19.3 Å². The molecule has 0 aliphatic rings. The molecule has 8 nitrogen and oxygen atoms in total. The molecule has 292 valence electrons. The average molecular weight is 708 g/mol. The lowest BCUT2D eigenvalue weighted by molar-refractivity contribution is -0.889. The first kappa shape index (κ1) is 47.8. The molecule has 50 heavy (non-hydrogen) atoms. The number of aliphatic carboxylic acids is 1. The lowest BCUT2D eigenvalue weighted by Crippen LogP contribution is -2.55. The van der Waals surface area contributed by atoms with Crippen LogP contribution in [0.25, 0.3) is 0 Å². The van der Waals surface area contributed by atoms with E-state index in [4.69, 9.17) is 14.2 Å². The van der Waals surface area contributed by atoms with Crippen LogP contribution in [0.4, 0.5) is 0 Å². The summed E-state index contributed by atoms with van der Waals surface area (Å²) in [4.78, 5) is 36.7. The normalized spacial score (nSPS) is 13.2. The number of carboxylic acids is 1. The van der Waals surface area contributed by atoms with Crippen LogP contribution in [0.1, 0.15) is 174 Å². The highest BCUT2D eigenvalue weighted by atomic mass is 16.6. The Balaban J connectivity index is 4.40. The van der Waals surface area contributed by atoms with Crippen molar-refractivity contribution in [3.05, 3.63) is 24.3 Å². The second-order valence-corrected chi connectivity index (χ2v) is 14.9. The number of ether oxygens (including phenoxy) is 3. The van der Waals surface area contributed by atoms with E-state index in [2.05, 4.69) is 38.2 Å². The number of nitrogens with zero attached hydrogens (tertiary/aromatic N) is 1. The molecule has 0 aliphatic heterocycles. The molecule has 2 atom stereocenters. The maximum Gasteiger partial charge on any atom is 0.306 e. The number of carboxylic acid groups (broad SMARTS) is 1. The SMILES string of the molecule is CCCC/C=C\CCCCCCCC(=O)OCC(COCCC(C(=O)[O-])[N+](C)(C)C)OC(=O)CCCCCCC/C=C\CCCCCCCC. The highest BCUT2D eigenvalue weighted by Crippen LogP contribution is 2.13. The van der Waals surface area contributed by atoms with Crippen LogP contribution < -0.4 is 5.11 Å². The molecule has 8 heteroatoms. The van der Waals surface area contributed by atoms with Gasteiger partial charge in [0.2, 0.25) is 0 Å². The van der Waals surface area contributed by atoms with Gasteiger partial charge in [-0.15, -0.1) is 0 Å². The average Bonchev–Trinajstić information content (AvgIpc) is 3.06. The van der Waals surface area contributed by atoms with Crippen LogP contribution in [-0.4, -0.2) is 75.5 Å². The number of carbonyl (C=O) groups is 3. The molecule has 0 bridgehead atoms. The molecule has 0 spiro atoms. The van der Waals surface area contributed by atoms with E-state index in [9.17, 15) is 19.5 Å². The molecule has 0 rings (SSSR count). The molecular weight excluding hydrogens is 630 g/mol. The minimum atomic E-state index is -1.13. The molecule has 0 fully saturated rings. The third-order valence-electron chi connectivity index (χ3n) is 9.06. The fourth-order valence-electron chi connectivity index (χ4n) is 5.81. The number of likely N-dealkylation sites (N-methyl/N-ethyl adjacent to an activating group) is 1. The van der Waals surface area contributed by atoms with E-state index in [0.29, 0.717) is 12.8 Å². The van der Waals surface area contributed by atoms with Crippen molar-refractivity contribution >= 4 is 17.9 Å². The van der Waals surface area contributed by atoms with Crippen LogP contribution in [0.3, 0.4) is 0 Å². The Hall–Kier alpha value is -2.19. The molecule has 0 amide bonds. The van der Waals surface area contributed by atoms with Crippen LogP contribution in [0.15, 0.2) is 24.3 Å². The lowest BCUT2D eigenvalue weighted by Gasteiger charge is -2.34. The molecule has 0 aromatic heterocycles. The van der Waals surface area contributed by atoms with Crippen LogP contribution in [0.2, 0.25) is 0 Å². The first-order valence-electron chi connectivity index (χ1n) is 20.4. The summed E-state index contributed by atoms with van der Waals surface area (Å²) in [5.41, 5.74) is 0. The van der Waals surface area contributed by atoms with Gasteiger partial charge in [-0.05, 0) is 57.8 Å². The van der Waals surface area contributed by atoms with Crippen molar-refractivity contribution in [2.75, 3.05) is 41.0 Å². The van der Waals surface area contributed by atoms with Gasteiger partial charge in [0.1, 0.15) is 12.6 Å². The van der Waals surface area contributed by atoms with Crippen molar-refractivity contribution < 1.29 is 38.2 Å². The topological polar surface area (TPSA) is 102 Å². The van der Waals surface area contributed by atoms with Crippen molar-refractivity contribution in [2.45, 2.75) is 187 Å². The number of unbranched alkanes of at least 4 members (excludes halogenated alkanes) is 18. The van der Waals surface area contributed by atoms with Crippen molar-refractivity contribution in [1.29, 1.82) is 0 Å². The monoisotopic (exact) mass is 708 g/mol. The molecule has 0 N–H and O–H groups in total. The Morgan fingerprint density at radius 2 is 1.02 bits per heavy atom. The number of hydrogen-bond acceptors (Lipinski definition) is 7. The first-order valence-corrected chi connectivity index (χ1v) is 20.4. The molecule has 2 unspecified atom stereocenters. The lowest BCUT2D eigenvalue weighted by atomic mass is 10.1. The number of carbonyl (C=O) groups excluding carboxylic acids is 3.